The molecule has 122 valence electrons. The zero-order chi connectivity index (χ0) is 16.7. The molecule has 0 spiro atoms. The molecule has 1 aliphatic rings. The first-order valence-electron chi connectivity index (χ1n) is 7.63. The maximum Gasteiger partial charge on any atom is 0.231 e. The smallest absolute Gasteiger partial charge is 0.231 e. The first-order valence-corrected chi connectivity index (χ1v) is 7.63. The predicted octanol–water partition coefficient (Wildman–Crippen LogP) is 3.96. The lowest BCUT2D eigenvalue weighted by Crippen LogP contribution is -1.94. The molecule has 0 atom stereocenters. The summed E-state index contributed by atoms with van der Waals surface area (Å²) in [5, 5.41) is 1.07. The summed E-state index contributed by atoms with van der Waals surface area (Å²) in [7, 11) is 3.27. The molecule has 0 amide bonds. The van der Waals surface area contributed by atoms with Crippen molar-refractivity contribution in [3.63, 3.8) is 0 Å². The van der Waals surface area contributed by atoms with Gasteiger partial charge in [-0.25, -0.2) is 4.98 Å². The van der Waals surface area contributed by atoms with Crippen LogP contribution in [0.4, 0.5) is 0 Å². The fourth-order valence-electron chi connectivity index (χ4n) is 2.98. The molecule has 1 aromatic heterocycles. The van der Waals surface area contributed by atoms with Gasteiger partial charge in [0, 0.05) is 10.9 Å². The van der Waals surface area contributed by atoms with Gasteiger partial charge in [-0.1, -0.05) is 12.1 Å². The predicted molar refractivity (Wildman–Crippen MR) is 91.1 cm³/mol. The van der Waals surface area contributed by atoms with Crippen molar-refractivity contribution in [2.45, 2.75) is 6.92 Å². The highest BCUT2D eigenvalue weighted by atomic mass is 16.7. The molecule has 2 heterocycles. The largest absolute Gasteiger partial charge is 0.494 e. The first-order chi connectivity index (χ1) is 11.7. The highest BCUT2D eigenvalue weighted by Crippen LogP contribution is 2.44. The van der Waals surface area contributed by atoms with Crippen molar-refractivity contribution in [1.29, 1.82) is 0 Å². The number of para-hydroxylation sites is 1. The Morgan fingerprint density at radius 3 is 2.62 bits per heavy atom. The summed E-state index contributed by atoms with van der Waals surface area (Å²) in [5.74, 6) is 2.70. The summed E-state index contributed by atoms with van der Waals surface area (Å²) in [5.41, 5.74) is 3.71. The van der Waals surface area contributed by atoms with Gasteiger partial charge in [0.1, 0.15) is 11.3 Å². The molecule has 0 bridgehead atoms. The molecule has 4 rings (SSSR count). The number of aromatic nitrogens is 1. The van der Waals surface area contributed by atoms with Crippen molar-refractivity contribution < 1.29 is 18.9 Å². The Morgan fingerprint density at radius 1 is 1.00 bits per heavy atom. The van der Waals surface area contributed by atoms with E-state index < -0.39 is 0 Å². The summed E-state index contributed by atoms with van der Waals surface area (Å²) < 4.78 is 21.8. The minimum atomic E-state index is 0.202. The van der Waals surface area contributed by atoms with Gasteiger partial charge in [-0.05, 0) is 36.8 Å². The van der Waals surface area contributed by atoms with Gasteiger partial charge in [-0.2, -0.15) is 0 Å². The highest BCUT2D eigenvalue weighted by molar-refractivity contribution is 5.89. The van der Waals surface area contributed by atoms with Crippen molar-refractivity contribution in [3.05, 3.63) is 42.0 Å². The van der Waals surface area contributed by atoms with Crippen LogP contribution in [0.3, 0.4) is 0 Å². The third kappa shape index (κ3) is 2.21. The summed E-state index contributed by atoms with van der Waals surface area (Å²) in [6.45, 7) is 2.27. The number of pyridine rings is 1. The number of fused-ring (bicyclic) bond motifs is 2. The molecule has 0 radical (unpaired) electrons. The molecule has 0 saturated heterocycles. The zero-order valence-corrected chi connectivity index (χ0v) is 13.8. The van der Waals surface area contributed by atoms with E-state index in [0.29, 0.717) is 17.2 Å². The van der Waals surface area contributed by atoms with Gasteiger partial charge < -0.3 is 18.9 Å². The molecule has 3 aromatic rings. The Labute approximate surface area is 139 Å². The number of hydrogen-bond acceptors (Lipinski definition) is 5. The van der Waals surface area contributed by atoms with Gasteiger partial charge in [-0.3, -0.25) is 0 Å². The number of aryl methyl sites for hydroxylation is 1. The zero-order valence-electron chi connectivity index (χ0n) is 13.8. The number of methoxy groups -OCH3 is 2. The van der Waals surface area contributed by atoms with E-state index in [9.17, 15) is 0 Å². The van der Waals surface area contributed by atoms with E-state index in [1.165, 1.54) is 0 Å². The van der Waals surface area contributed by atoms with E-state index >= 15 is 0 Å². The van der Waals surface area contributed by atoms with Gasteiger partial charge >= 0.3 is 0 Å². The SMILES string of the molecule is COc1cc(-c2cc(C)c3cccc(OC)c3n2)cc2c1OCO2. The monoisotopic (exact) mass is 323 g/mol. The highest BCUT2D eigenvalue weighted by Gasteiger charge is 2.21. The number of rotatable bonds is 3. The maximum absolute atomic E-state index is 5.51. The van der Waals surface area contributed by atoms with Gasteiger partial charge in [-0.15, -0.1) is 0 Å². The second-order valence-electron chi connectivity index (χ2n) is 5.59. The third-order valence-electron chi connectivity index (χ3n) is 4.18. The third-order valence-corrected chi connectivity index (χ3v) is 4.18. The number of hydrogen-bond donors (Lipinski definition) is 0. The van der Waals surface area contributed by atoms with E-state index in [1.54, 1.807) is 14.2 Å². The molecule has 24 heavy (non-hydrogen) atoms. The molecule has 0 fully saturated rings. The maximum atomic E-state index is 5.51. The van der Waals surface area contributed by atoms with Crippen LogP contribution in [0.25, 0.3) is 22.2 Å². The van der Waals surface area contributed by atoms with E-state index in [2.05, 4.69) is 13.0 Å². The van der Waals surface area contributed by atoms with E-state index in [-0.39, 0.29) is 6.79 Å². The van der Waals surface area contributed by atoms with Crippen LogP contribution in [0.15, 0.2) is 36.4 Å². The van der Waals surface area contributed by atoms with E-state index in [1.807, 2.05) is 30.3 Å². The molecule has 5 heteroatoms. The molecule has 0 aliphatic carbocycles. The Hall–Kier alpha value is -2.95. The van der Waals surface area contributed by atoms with E-state index in [4.69, 9.17) is 23.9 Å². The second kappa shape index (κ2) is 5.60. The molecule has 0 unspecified atom stereocenters. The van der Waals surface area contributed by atoms with Crippen LogP contribution in [0, 0.1) is 6.92 Å². The molecule has 0 N–H and O–H groups in total. The van der Waals surface area contributed by atoms with Crippen LogP contribution in [-0.2, 0) is 0 Å². The van der Waals surface area contributed by atoms with Gasteiger partial charge in [0.05, 0.1) is 19.9 Å². The Balaban J connectivity index is 1.94. The van der Waals surface area contributed by atoms with Crippen molar-refractivity contribution in [2.75, 3.05) is 21.0 Å². The van der Waals surface area contributed by atoms with Crippen molar-refractivity contribution in [3.8, 4) is 34.3 Å². The fourth-order valence-corrected chi connectivity index (χ4v) is 2.98. The fraction of sp³-hybridized carbons (Fsp3) is 0.211. The van der Waals surface area contributed by atoms with Gasteiger partial charge in [0.15, 0.2) is 11.5 Å². The average molecular weight is 323 g/mol. The lowest BCUT2D eigenvalue weighted by molar-refractivity contribution is 0.171. The van der Waals surface area contributed by atoms with Crippen molar-refractivity contribution in [2.24, 2.45) is 0 Å². The van der Waals surface area contributed by atoms with Gasteiger partial charge in [0.2, 0.25) is 12.5 Å². The Bertz CT molecular complexity index is 936. The lowest BCUT2D eigenvalue weighted by Gasteiger charge is -2.11. The summed E-state index contributed by atoms with van der Waals surface area (Å²) in [6, 6.07) is 11.8. The second-order valence-corrected chi connectivity index (χ2v) is 5.59. The van der Waals surface area contributed by atoms with E-state index in [0.717, 1.165) is 33.5 Å². The molecular weight excluding hydrogens is 306 g/mol. The molecule has 1 aliphatic heterocycles. The van der Waals surface area contributed by atoms with Crippen LogP contribution in [0.1, 0.15) is 5.56 Å². The lowest BCUT2D eigenvalue weighted by atomic mass is 10.0. The standard InChI is InChI=1S/C19H17NO4/c1-11-7-14(20-18-13(11)5-4-6-15(18)21-2)12-8-16(22-3)19-17(9-12)23-10-24-19/h4-9H,10H2,1-3H3. The van der Waals surface area contributed by atoms with Crippen LogP contribution in [-0.4, -0.2) is 26.0 Å². The van der Waals surface area contributed by atoms with Crippen LogP contribution in [0.5, 0.6) is 23.0 Å². The molecule has 5 nitrogen and oxygen atoms in total. The molecule has 0 saturated carbocycles. The first kappa shape index (κ1) is 14.6. The summed E-state index contributed by atoms with van der Waals surface area (Å²) >= 11 is 0. The van der Waals surface area contributed by atoms with Crippen molar-refractivity contribution in [1.82, 2.24) is 4.98 Å². The topological polar surface area (TPSA) is 49.8 Å². The Morgan fingerprint density at radius 2 is 1.83 bits per heavy atom. The summed E-state index contributed by atoms with van der Waals surface area (Å²) in [4.78, 5) is 4.80. The number of benzene rings is 2. The van der Waals surface area contributed by atoms with Crippen LogP contribution in [0.2, 0.25) is 0 Å². The molecule has 2 aromatic carbocycles. The van der Waals surface area contributed by atoms with Crippen LogP contribution < -0.4 is 18.9 Å². The van der Waals surface area contributed by atoms with Crippen molar-refractivity contribution >= 4 is 10.9 Å². The summed E-state index contributed by atoms with van der Waals surface area (Å²) in [6.07, 6.45) is 0. The quantitative estimate of drug-likeness (QED) is 0.730. The van der Waals surface area contributed by atoms with Crippen LogP contribution >= 0.6 is 0 Å². The normalized spacial score (nSPS) is 12.5. The van der Waals surface area contributed by atoms with Gasteiger partial charge in [0.25, 0.3) is 0 Å². The minimum Gasteiger partial charge on any atom is -0.494 e. The minimum absolute atomic E-state index is 0.202. The number of ether oxygens (including phenoxy) is 4. The average Bonchev–Trinajstić information content (AvgIpc) is 3.09. The molecular formula is C19H17NO4. The Kier molecular flexibility index (Phi) is 3.41. The number of nitrogens with zero attached hydrogens (tertiary/aromatic N) is 1.